The fraction of sp³-hybridized carbons (Fsp3) is 0.350. The molecule has 0 saturated carbocycles. The topological polar surface area (TPSA) is 105 Å². The number of aromatic nitrogens is 2. The third kappa shape index (κ3) is 3.39. The van der Waals surface area contributed by atoms with Crippen molar-refractivity contribution < 1.29 is 14.3 Å². The summed E-state index contributed by atoms with van der Waals surface area (Å²) in [7, 11) is 1.28. The Kier molecular flexibility index (Phi) is 5.27. The lowest BCUT2D eigenvalue weighted by Crippen LogP contribution is -2.51. The Balaban J connectivity index is 1.95. The maximum atomic E-state index is 13.0. The largest absolute Gasteiger partial charge is 0.467 e. The number of amides is 1. The number of hydrogen-bond acceptors (Lipinski definition) is 6. The third-order valence-corrected chi connectivity index (χ3v) is 5.08. The number of methoxy groups -OCH3 is 1. The molecule has 1 aromatic carbocycles. The lowest BCUT2D eigenvalue weighted by Gasteiger charge is -2.35. The highest BCUT2D eigenvalue weighted by atomic mass is 16.5. The molecule has 3 rings (SSSR count). The maximum absolute atomic E-state index is 13.0. The number of aryl methyl sites for hydroxylation is 1. The lowest BCUT2D eigenvalue weighted by molar-refractivity contribution is -0.154. The van der Waals surface area contributed by atoms with E-state index in [4.69, 9.17) is 4.74 Å². The van der Waals surface area contributed by atoms with Crippen LogP contribution in [0.5, 0.6) is 0 Å². The fourth-order valence-electron chi connectivity index (χ4n) is 3.36. The average Bonchev–Trinajstić information content (AvgIpc) is 2.70. The van der Waals surface area contributed by atoms with Crippen molar-refractivity contribution in [2.75, 3.05) is 7.11 Å². The van der Waals surface area contributed by atoms with Gasteiger partial charge in [-0.25, -0.2) is 9.48 Å². The summed E-state index contributed by atoms with van der Waals surface area (Å²) in [6.07, 6.45) is 0.341. The van der Waals surface area contributed by atoms with Crippen molar-refractivity contribution in [3.63, 3.8) is 0 Å². The van der Waals surface area contributed by atoms with Gasteiger partial charge in [-0.3, -0.25) is 9.59 Å². The van der Waals surface area contributed by atoms with Gasteiger partial charge in [0.15, 0.2) is 0 Å². The van der Waals surface area contributed by atoms with Gasteiger partial charge in [0.05, 0.1) is 12.8 Å². The molecule has 2 heterocycles. The minimum absolute atomic E-state index is 0.0335. The third-order valence-electron chi connectivity index (χ3n) is 5.08. The average molecular weight is 380 g/mol. The molecule has 28 heavy (non-hydrogen) atoms. The number of esters is 1. The number of ether oxygens (including phenoxy) is 1. The van der Waals surface area contributed by atoms with Crippen molar-refractivity contribution in [3.05, 3.63) is 62.6 Å². The first-order valence-electron chi connectivity index (χ1n) is 8.79. The first-order chi connectivity index (χ1) is 13.4. The highest BCUT2D eigenvalue weighted by Gasteiger charge is 2.35. The predicted molar refractivity (Wildman–Crippen MR) is 99.2 cm³/mol. The van der Waals surface area contributed by atoms with Crippen LogP contribution in [0.25, 0.3) is 0 Å². The van der Waals surface area contributed by atoms with Gasteiger partial charge in [0.25, 0.3) is 5.56 Å². The smallest absolute Gasteiger partial charge is 0.328 e. The standard InChI is InChI=1S/C20H20N4O4/c1-12-13(2)22-24(19(26)16(12)9-21)11-18(25)23-10-15-7-5-4-6-14(15)8-17(23)20(27)28-3/h4-7,17H,8,10-11H2,1-3H3/t17-/m0/s1. The van der Waals surface area contributed by atoms with Crippen LogP contribution in [0.1, 0.15) is 27.9 Å². The minimum Gasteiger partial charge on any atom is -0.467 e. The van der Waals surface area contributed by atoms with Gasteiger partial charge >= 0.3 is 5.97 Å². The van der Waals surface area contributed by atoms with E-state index in [2.05, 4.69) is 5.10 Å². The van der Waals surface area contributed by atoms with E-state index in [-0.39, 0.29) is 18.7 Å². The molecule has 8 heteroatoms. The Hall–Kier alpha value is -3.47. The highest BCUT2D eigenvalue weighted by Crippen LogP contribution is 2.24. The van der Waals surface area contributed by atoms with Crippen LogP contribution >= 0.6 is 0 Å². The normalized spacial score (nSPS) is 15.5. The summed E-state index contributed by atoms with van der Waals surface area (Å²) in [5.41, 5.74) is 2.26. The Morgan fingerprint density at radius 1 is 1.29 bits per heavy atom. The van der Waals surface area contributed by atoms with Crippen molar-refractivity contribution >= 4 is 11.9 Å². The second-order valence-corrected chi connectivity index (χ2v) is 6.69. The monoisotopic (exact) mass is 380 g/mol. The molecule has 1 aromatic heterocycles. The lowest BCUT2D eigenvalue weighted by atomic mass is 9.94. The number of benzene rings is 1. The maximum Gasteiger partial charge on any atom is 0.328 e. The summed E-state index contributed by atoms with van der Waals surface area (Å²) in [6, 6.07) is 8.67. The van der Waals surface area contributed by atoms with E-state index in [9.17, 15) is 19.6 Å². The van der Waals surface area contributed by atoms with E-state index in [1.807, 2.05) is 30.3 Å². The number of rotatable bonds is 3. The van der Waals surface area contributed by atoms with E-state index in [0.29, 0.717) is 17.7 Å². The van der Waals surface area contributed by atoms with E-state index in [1.54, 1.807) is 13.8 Å². The molecule has 0 radical (unpaired) electrons. The van der Waals surface area contributed by atoms with Crippen LogP contribution in [0.2, 0.25) is 0 Å². The van der Waals surface area contributed by atoms with Gasteiger partial charge in [0.2, 0.25) is 5.91 Å². The molecule has 0 spiro atoms. The van der Waals surface area contributed by atoms with E-state index < -0.39 is 23.5 Å². The van der Waals surface area contributed by atoms with Gasteiger partial charge < -0.3 is 9.64 Å². The first kappa shape index (κ1) is 19.3. The van der Waals surface area contributed by atoms with Gasteiger partial charge in [0, 0.05) is 13.0 Å². The Morgan fingerprint density at radius 2 is 1.96 bits per heavy atom. The summed E-state index contributed by atoms with van der Waals surface area (Å²) in [5, 5.41) is 13.4. The molecule has 1 aliphatic rings. The van der Waals surface area contributed by atoms with Gasteiger partial charge in [-0.05, 0) is 30.5 Å². The number of carbonyl (C=O) groups is 2. The zero-order valence-electron chi connectivity index (χ0n) is 15.9. The molecule has 8 nitrogen and oxygen atoms in total. The molecule has 0 N–H and O–H groups in total. The summed E-state index contributed by atoms with van der Waals surface area (Å²) in [4.78, 5) is 39.1. The summed E-state index contributed by atoms with van der Waals surface area (Å²) in [5.74, 6) is -0.951. The number of nitrogens with zero attached hydrogens (tertiary/aromatic N) is 4. The molecule has 0 saturated heterocycles. The molecule has 0 unspecified atom stereocenters. The quantitative estimate of drug-likeness (QED) is 0.731. The summed E-state index contributed by atoms with van der Waals surface area (Å²) < 4.78 is 5.85. The molecule has 0 bridgehead atoms. The number of carbonyl (C=O) groups excluding carboxylic acids is 2. The summed E-state index contributed by atoms with van der Waals surface area (Å²) >= 11 is 0. The van der Waals surface area contributed by atoms with Crippen LogP contribution in [0.15, 0.2) is 29.1 Å². The van der Waals surface area contributed by atoms with E-state index >= 15 is 0 Å². The number of nitriles is 1. The van der Waals surface area contributed by atoms with Gasteiger partial charge in [0.1, 0.15) is 24.2 Å². The molecule has 144 valence electrons. The Labute approximate surface area is 162 Å². The Bertz CT molecular complexity index is 1050. The van der Waals surface area contributed by atoms with Crippen molar-refractivity contribution in [2.45, 2.75) is 39.4 Å². The van der Waals surface area contributed by atoms with Crippen LogP contribution in [-0.4, -0.2) is 39.7 Å². The second-order valence-electron chi connectivity index (χ2n) is 6.69. The van der Waals surface area contributed by atoms with E-state index in [1.165, 1.54) is 12.0 Å². The van der Waals surface area contributed by atoms with Gasteiger partial charge in [-0.1, -0.05) is 24.3 Å². The molecule has 0 fully saturated rings. The Morgan fingerprint density at radius 3 is 2.61 bits per heavy atom. The molecule has 1 aliphatic heterocycles. The molecule has 1 amide bonds. The summed E-state index contributed by atoms with van der Waals surface area (Å²) in [6.45, 7) is 3.19. The van der Waals surface area contributed by atoms with Crippen molar-refractivity contribution in [3.8, 4) is 6.07 Å². The van der Waals surface area contributed by atoms with Crippen LogP contribution in [0, 0.1) is 25.2 Å². The number of hydrogen-bond donors (Lipinski definition) is 0. The molecule has 2 aromatic rings. The van der Waals surface area contributed by atoms with Crippen molar-refractivity contribution in [2.24, 2.45) is 0 Å². The molecule has 1 atom stereocenters. The van der Waals surface area contributed by atoms with Crippen molar-refractivity contribution in [1.29, 1.82) is 5.26 Å². The van der Waals surface area contributed by atoms with Crippen LogP contribution in [-0.2, 0) is 33.8 Å². The highest BCUT2D eigenvalue weighted by molar-refractivity contribution is 5.85. The minimum atomic E-state index is -0.773. The van der Waals surface area contributed by atoms with Gasteiger partial charge in [-0.2, -0.15) is 10.4 Å². The zero-order chi connectivity index (χ0) is 20.4. The molecular weight excluding hydrogens is 360 g/mol. The van der Waals surface area contributed by atoms with Crippen LogP contribution in [0.4, 0.5) is 0 Å². The van der Waals surface area contributed by atoms with E-state index in [0.717, 1.165) is 15.8 Å². The SMILES string of the molecule is COC(=O)[C@@H]1Cc2ccccc2CN1C(=O)Cn1nc(C)c(C)c(C#N)c1=O. The second kappa shape index (κ2) is 7.64. The number of fused-ring (bicyclic) bond motifs is 1. The van der Waals surface area contributed by atoms with Crippen LogP contribution in [0.3, 0.4) is 0 Å². The first-order valence-corrected chi connectivity index (χ1v) is 8.79. The predicted octanol–water partition coefficient (Wildman–Crippen LogP) is 0.858. The molecular formula is C20H20N4O4. The molecule has 0 aliphatic carbocycles. The van der Waals surface area contributed by atoms with Crippen molar-refractivity contribution in [1.82, 2.24) is 14.7 Å². The fourth-order valence-corrected chi connectivity index (χ4v) is 3.36. The van der Waals surface area contributed by atoms with Crippen LogP contribution < -0.4 is 5.56 Å². The zero-order valence-corrected chi connectivity index (χ0v) is 15.9. The van der Waals surface area contributed by atoms with Gasteiger partial charge in [-0.15, -0.1) is 0 Å².